The Hall–Kier alpha value is -2.71. The molecule has 2 aromatic carbocycles. The summed E-state index contributed by atoms with van der Waals surface area (Å²) >= 11 is 0. The quantitative estimate of drug-likeness (QED) is 0.665. The van der Waals surface area contributed by atoms with Crippen LogP contribution in [0.5, 0.6) is 0 Å². The van der Waals surface area contributed by atoms with E-state index < -0.39 is 28.5 Å². The van der Waals surface area contributed by atoms with E-state index in [4.69, 9.17) is 4.74 Å². The van der Waals surface area contributed by atoms with E-state index in [9.17, 15) is 18.0 Å². The van der Waals surface area contributed by atoms with Crippen LogP contribution in [0.2, 0.25) is 0 Å². The van der Waals surface area contributed by atoms with Crippen LogP contribution in [0.25, 0.3) is 0 Å². The van der Waals surface area contributed by atoms with Crippen molar-refractivity contribution in [3.05, 3.63) is 59.2 Å². The van der Waals surface area contributed by atoms with E-state index in [-0.39, 0.29) is 10.5 Å². The lowest BCUT2D eigenvalue weighted by Gasteiger charge is -2.18. The molecule has 0 saturated heterocycles. The standard InChI is InChI=1S/C21H26N2O5S/c1-5-23(6-2)29(26,27)18-9-7-8-17(13-18)21(25)28-14-20(24)22-19-11-10-15(3)12-16(19)4/h7-13H,5-6,14H2,1-4H3,(H,22,24). The molecule has 0 saturated carbocycles. The predicted octanol–water partition coefficient (Wildman–Crippen LogP) is 3.13. The lowest BCUT2D eigenvalue weighted by molar-refractivity contribution is -0.119. The maximum atomic E-state index is 12.6. The van der Waals surface area contributed by atoms with Gasteiger partial charge in [-0.25, -0.2) is 13.2 Å². The van der Waals surface area contributed by atoms with Gasteiger partial charge in [-0.3, -0.25) is 4.79 Å². The maximum Gasteiger partial charge on any atom is 0.338 e. The average molecular weight is 419 g/mol. The normalized spacial score (nSPS) is 11.3. The molecule has 0 fully saturated rings. The van der Waals surface area contributed by atoms with E-state index in [1.165, 1.54) is 28.6 Å². The highest BCUT2D eigenvalue weighted by Gasteiger charge is 2.23. The summed E-state index contributed by atoms with van der Waals surface area (Å²) in [5.41, 5.74) is 2.69. The summed E-state index contributed by atoms with van der Waals surface area (Å²) in [4.78, 5) is 24.4. The highest BCUT2D eigenvalue weighted by molar-refractivity contribution is 7.89. The summed E-state index contributed by atoms with van der Waals surface area (Å²) in [6.45, 7) is 7.49. The molecule has 0 aliphatic carbocycles. The van der Waals surface area contributed by atoms with Gasteiger partial charge in [0.1, 0.15) is 0 Å². The molecule has 7 nitrogen and oxygen atoms in total. The zero-order valence-corrected chi connectivity index (χ0v) is 17.9. The molecule has 2 rings (SSSR count). The minimum Gasteiger partial charge on any atom is -0.452 e. The van der Waals surface area contributed by atoms with Gasteiger partial charge < -0.3 is 10.1 Å². The Balaban J connectivity index is 2.05. The van der Waals surface area contributed by atoms with Crippen LogP contribution in [0, 0.1) is 13.8 Å². The number of carbonyl (C=O) groups is 2. The van der Waals surface area contributed by atoms with Crippen LogP contribution in [0.3, 0.4) is 0 Å². The number of nitrogens with zero attached hydrogens (tertiary/aromatic N) is 1. The molecule has 0 heterocycles. The zero-order valence-electron chi connectivity index (χ0n) is 17.1. The molecule has 29 heavy (non-hydrogen) atoms. The number of amides is 1. The number of esters is 1. The monoisotopic (exact) mass is 418 g/mol. The fourth-order valence-electron chi connectivity index (χ4n) is 2.85. The summed E-state index contributed by atoms with van der Waals surface area (Å²) in [5.74, 6) is -1.24. The minimum atomic E-state index is -3.69. The second kappa shape index (κ2) is 9.67. The highest BCUT2D eigenvalue weighted by Crippen LogP contribution is 2.18. The number of sulfonamides is 1. The minimum absolute atomic E-state index is 0.00961. The van der Waals surface area contributed by atoms with Crippen molar-refractivity contribution in [3.8, 4) is 0 Å². The van der Waals surface area contributed by atoms with Crippen molar-refractivity contribution < 1.29 is 22.7 Å². The molecular weight excluding hydrogens is 392 g/mol. The van der Waals surface area contributed by atoms with E-state index in [0.717, 1.165) is 11.1 Å². The number of hydrogen-bond acceptors (Lipinski definition) is 5. The first-order valence-corrected chi connectivity index (χ1v) is 10.8. The Morgan fingerprint density at radius 1 is 1.03 bits per heavy atom. The first kappa shape index (κ1) is 22.6. The fraction of sp³-hybridized carbons (Fsp3) is 0.333. The van der Waals surface area contributed by atoms with Crippen molar-refractivity contribution >= 4 is 27.6 Å². The second-order valence-corrected chi connectivity index (χ2v) is 8.50. The molecule has 8 heteroatoms. The molecule has 0 aliphatic heterocycles. The average Bonchev–Trinajstić information content (AvgIpc) is 2.69. The van der Waals surface area contributed by atoms with Crippen molar-refractivity contribution in [2.75, 3.05) is 25.0 Å². The van der Waals surface area contributed by atoms with Crippen LogP contribution in [0.1, 0.15) is 35.3 Å². The fourth-order valence-corrected chi connectivity index (χ4v) is 4.36. The van der Waals surface area contributed by atoms with Gasteiger partial charge in [0.25, 0.3) is 5.91 Å². The lowest BCUT2D eigenvalue weighted by atomic mass is 10.1. The molecule has 1 amide bonds. The molecule has 0 atom stereocenters. The van der Waals surface area contributed by atoms with E-state index in [2.05, 4.69) is 5.32 Å². The molecule has 0 unspecified atom stereocenters. The maximum absolute atomic E-state index is 12.6. The Labute approximate surface area is 171 Å². The van der Waals surface area contributed by atoms with Gasteiger partial charge in [0.15, 0.2) is 6.61 Å². The molecule has 1 N–H and O–H groups in total. The molecule has 156 valence electrons. The van der Waals surface area contributed by atoms with Gasteiger partial charge in [0, 0.05) is 18.8 Å². The van der Waals surface area contributed by atoms with Crippen LogP contribution >= 0.6 is 0 Å². The first-order valence-electron chi connectivity index (χ1n) is 9.33. The van der Waals surface area contributed by atoms with Gasteiger partial charge in [-0.2, -0.15) is 4.31 Å². The third-order valence-corrected chi connectivity index (χ3v) is 6.45. The van der Waals surface area contributed by atoms with E-state index >= 15 is 0 Å². The van der Waals surface area contributed by atoms with E-state index in [1.54, 1.807) is 19.9 Å². The number of aryl methyl sites for hydroxylation is 2. The summed E-state index contributed by atoms with van der Waals surface area (Å²) in [6, 6.07) is 11.2. The van der Waals surface area contributed by atoms with Gasteiger partial charge in [-0.05, 0) is 43.7 Å². The Bertz CT molecular complexity index is 998. The molecule has 0 radical (unpaired) electrons. The predicted molar refractivity (Wildman–Crippen MR) is 111 cm³/mol. The molecule has 0 aliphatic rings. The lowest BCUT2D eigenvalue weighted by Crippen LogP contribution is -2.30. The van der Waals surface area contributed by atoms with Gasteiger partial charge >= 0.3 is 5.97 Å². The van der Waals surface area contributed by atoms with Crippen LogP contribution in [-0.2, 0) is 19.6 Å². The number of anilines is 1. The van der Waals surface area contributed by atoms with Gasteiger partial charge in [-0.1, -0.05) is 37.6 Å². The molecular formula is C21H26N2O5S. The molecule has 0 bridgehead atoms. The summed E-state index contributed by atoms with van der Waals surface area (Å²) in [7, 11) is -3.69. The number of nitrogens with one attached hydrogen (secondary N) is 1. The zero-order chi connectivity index (χ0) is 21.6. The topological polar surface area (TPSA) is 92.8 Å². The van der Waals surface area contributed by atoms with E-state index in [0.29, 0.717) is 18.8 Å². The Kier molecular flexibility index (Phi) is 7.53. The Morgan fingerprint density at radius 3 is 2.34 bits per heavy atom. The number of rotatable bonds is 8. The van der Waals surface area contributed by atoms with Crippen molar-refractivity contribution in [3.63, 3.8) is 0 Å². The van der Waals surface area contributed by atoms with Gasteiger partial charge in [0.05, 0.1) is 10.5 Å². The number of ether oxygens (including phenoxy) is 1. The summed E-state index contributed by atoms with van der Waals surface area (Å²) < 4.78 is 31.6. The van der Waals surface area contributed by atoms with Crippen LogP contribution < -0.4 is 5.32 Å². The van der Waals surface area contributed by atoms with E-state index in [1.807, 2.05) is 26.0 Å². The van der Waals surface area contributed by atoms with Crippen molar-refractivity contribution in [1.82, 2.24) is 4.31 Å². The van der Waals surface area contributed by atoms with Crippen molar-refractivity contribution in [2.45, 2.75) is 32.6 Å². The third kappa shape index (κ3) is 5.65. The highest BCUT2D eigenvalue weighted by atomic mass is 32.2. The van der Waals surface area contributed by atoms with Crippen LogP contribution in [0.15, 0.2) is 47.4 Å². The smallest absolute Gasteiger partial charge is 0.338 e. The molecule has 0 aromatic heterocycles. The third-order valence-electron chi connectivity index (χ3n) is 4.40. The number of carbonyl (C=O) groups excluding carboxylic acids is 2. The van der Waals surface area contributed by atoms with Crippen LogP contribution in [-0.4, -0.2) is 44.3 Å². The summed E-state index contributed by atoms with van der Waals surface area (Å²) in [5, 5.41) is 2.69. The molecule has 2 aromatic rings. The Morgan fingerprint density at radius 2 is 1.72 bits per heavy atom. The van der Waals surface area contributed by atoms with Gasteiger partial charge in [-0.15, -0.1) is 0 Å². The first-order chi connectivity index (χ1) is 13.7. The van der Waals surface area contributed by atoms with Gasteiger partial charge in [0.2, 0.25) is 10.0 Å². The largest absolute Gasteiger partial charge is 0.452 e. The van der Waals surface area contributed by atoms with Crippen molar-refractivity contribution in [1.29, 1.82) is 0 Å². The second-order valence-electron chi connectivity index (χ2n) is 6.56. The van der Waals surface area contributed by atoms with Crippen LogP contribution in [0.4, 0.5) is 5.69 Å². The van der Waals surface area contributed by atoms with Crippen molar-refractivity contribution in [2.24, 2.45) is 0 Å². The molecule has 0 spiro atoms. The number of hydrogen-bond donors (Lipinski definition) is 1. The summed E-state index contributed by atoms with van der Waals surface area (Å²) in [6.07, 6.45) is 0. The number of benzene rings is 2. The SMILES string of the molecule is CCN(CC)S(=O)(=O)c1cccc(C(=O)OCC(=O)Nc2ccc(C)cc2C)c1.